The Morgan fingerprint density at radius 1 is 1.35 bits per heavy atom. The van der Waals surface area contributed by atoms with Crippen molar-refractivity contribution in [3.05, 3.63) is 29.8 Å². The molecule has 1 saturated heterocycles. The lowest BCUT2D eigenvalue weighted by atomic mass is 10.0. The molecule has 3 atom stereocenters. The van der Waals surface area contributed by atoms with Gasteiger partial charge in [-0.05, 0) is 26.0 Å². The Morgan fingerprint density at radius 3 is 2.87 bits per heavy atom. The summed E-state index contributed by atoms with van der Waals surface area (Å²) in [6, 6.07) is 7.37. The molecule has 0 spiro atoms. The molecule has 3 unspecified atom stereocenters. The largest absolute Gasteiger partial charge is 0.493 e. The van der Waals surface area contributed by atoms with Crippen LogP contribution in [-0.2, 0) is 9.59 Å². The zero-order valence-corrected chi connectivity index (χ0v) is 13.2. The first-order valence-electron chi connectivity index (χ1n) is 8.05. The predicted octanol–water partition coefficient (Wildman–Crippen LogP) is 1.42. The summed E-state index contributed by atoms with van der Waals surface area (Å²) in [6.45, 7) is 3.51. The number of fused-ring (bicyclic) bond motifs is 1. The number of rotatable bonds is 4. The highest BCUT2D eigenvalue weighted by atomic mass is 16.5. The van der Waals surface area contributed by atoms with Crippen molar-refractivity contribution in [3.63, 3.8) is 0 Å². The number of likely N-dealkylation sites (tertiary alicyclic amines) is 1. The van der Waals surface area contributed by atoms with E-state index >= 15 is 0 Å². The summed E-state index contributed by atoms with van der Waals surface area (Å²) >= 11 is 0. The van der Waals surface area contributed by atoms with E-state index in [0.717, 1.165) is 17.7 Å². The number of amides is 1. The third kappa shape index (κ3) is 3.32. The molecule has 0 aromatic heterocycles. The van der Waals surface area contributed by atoms with E-state index in [4.69, 9.17) is 9.84 Å². The van der Waals surface area contributed by atoms with Gasteiger partial charge in [-0.25, -0.2) is 0 Å². The minimum atomic E-state index is -0.779. The molecule has 6 nitrogen and oxygen atoms in total. The second kappa shape index (κ2) is 6.58. The smallest absolute Gasteiger partial charge is 0.307 e. The number of aliphatic carboxylic acids is 1. The quantitative estimate of drug-likeness (QED) is 0.878. The number of para-hydroxylation sites is 1. The number of hydrogen-bond donors (Lipinski definition) is 2. The zero-order valence-electron chi connectivity index (χ0n) is 13.2. The molecule has 23 heavy (non-hydrogen) atoms. The van der Waals surface area contributed by atoms with E-state index in [1.54, 1.807) is 0 Å². The van der Waals surface area contributed by atoms with Crippen LogP contribution in [0.3, 0.4) is 0 Å². The van der Waals surface area contributed by atoms with Gasteiger partial charge in [0.1, 0.15) is 5.75 Å². The van der Waals surface area contributed by atoms with Crippen molar-refractivity contribution in [1.82, 2.24) is 10.2 Å². The molecule has 124 valence electrons. The third-order valence-corrected chi connectivity index (χ3v) is 4.77. The van der Waals surface area contributed by atoms with Gasteiger partial charge in [-0.3, -0.25) is 14.5 Å². The van der Waals surface area contributed by atoms with Crippen LogP contribution >= 0.6 is 0 Å². The fraction of sp³-hybridized carbons (Fsp3) is 0.529. The van der Waals surface area contributed by atoms with Crippen LogP contribution in [0.5, 0.6) is 5.75 Å². The molecule has 2 aliphatic heterocycles. The topological polar surface area (TPSA) is 78.9 Å². The third-order valence-electron chi connectivity index (χ3n) is 4.77. The summed E-state index contributed by atoms with van der Waals surface area (Å²) in [5, 5.41) is 12.2. The van der Waals surface area contributed by atoms with Crippen molar-refractivity contribution in [2.24, 2.45) is 5.92 Å². The zero-order chi connectivity index (χ0) is 16.4. The Hall–Kier alpha value is -2.08. The van der Waals surface area contributed by atoms with Crippen LogP contribution in [0.25, 0.3) is 0 Å². The van der Waals surface area contributed by atoms with E-state index in [2.05, 4.69) is 5.32 Å². The lowest BCUT2D eigenvalue weighted by Gasteiger charge is -2.29. The molecule has 2 heterocycles. The average Bonchev–Trinajstić information content (AvgIpc) is 3.04. The van der Waals surface area contributed by atoms with Crippen LogP contribution in [0.2, 0.25) is 0 Å². The molecule has 6 heteroatoms. The summed E-state index contributed by atoms with van der Waals surface area (Å²) in [6.07, 6.45) is 1.35. The van der Waals surface area contributed by atoms with E-state index in [1.165, 1.54) is 0 Å². The van der Waals surface area contributed by atoms with Gasteiger partial charge >= 0.3 is 5.97 Å². The molecule has 2 N–H and O–H groups in total. The second-order valence-corrected chi connectivity index (χ2v) is 6.23. The van der Waals surface area contributed by atoms with Crippen LogP contribution in [0.1, 0.15) is 31.4 Å². The van der Waals surface area contributed by atoms with Gasteiger partial charge in [0.05, 0.1) is 24.6 Å². The molecule has 0 radical (unpaired) electrons. The molecule has 0 saturated carbocycles. The highest BCUT2D eigenvalue weighted by Gasteiger charge is 2.34. The van der Waals surface area contributed by atoms with Crippen molar-refractivity contribution in [2.75, 3.05) is 19.7 Å². The van der Waals surface area contributed by atoms with E-state index in [0.29, 0.717) is 26.1 Å². The fourth-order valence-corrected chi connectivity index (χ4v) is 3.29. The molecule has 1 fully saturated rings. The van der Waals surface area contributed by atoms with Gasteiger partial charge < -0.3 is 15.2 Å². The number of nitrogens with one attached hydrogen (secondary N) is 1. The van der Waals surface area contributed by atoms with Crippen molar-refractivity contribution in [1.29, 1.82) is 0 Å². The number of ether oxygens (including phenoxy) is 1. The van der Waals surface area contributed by atoms with Gasteiger partial charge in [0.15, 0.2) is 0 Å². The summed E-state index contributed by atoms with van der Waals surface area (Å²) in [5.74, 6) is -0.380. The van der Waals surface area contributed by atoms with E-state index in [-0.39, 0.29) is 23.9 Å². The Morgan fingerprint density at radius 2 is 2.13 bits per heavy atom. The lowest BCUT2D eigenvalue weighted by Crippen LogP contribution is -2.46. The van der Waals surface area contributed by atoms with Crippen LogP contribution in [-0.4, -0.2) is 47.6 Å². The molecule has 1 aromatic carbocycles. The molecule has 1 aromatic rings. The Labute approximate surface area is 135 Å². The summed E-state index contributed by atoms with van der Waals surface area (Å²) < 4.78 is 5.61. The normalized spacial score (nSPS) is 25.3. The summed E-state index contributed by atoms with van der Waals surface area (Å²) in [4.78, 5) is 25.5. The number of carbonyl (C=O) groups is 2. The summed E-state index contributed by atoms with van der Waals surface area (Å²) in [7, 11) is 0. The highest BCUT2D eigenvalue weighted by molar-refractivity contribution is 5.82. The Bertz CT molecular complexity index is 604. The first-order valence-corrected chi connectivity index (χ1v) is 8.05. The van der Waals surface area contributed by atoms with Crippen molar-refractivity contribution >= 4 is 11.9 Å². The fourth-order valence-electron chi connectivity index (χ4n) is 3.29. The van der Waals surface area contributed by atoms with E-state index in [9.17, 15) is 9.59 Å². The van der Waals surface area contributed by atoms with Gasteiger partial charge in [0.25, 0.3) is 0 Å². The Kier molecular flexibility index (Phi) is 4.52. The molecule has 0 bridgehead atoms. The number of nitrogens with zero attached hydrogens (tertiary/aromatic N) is 1. The SMILES string of the molecule is CC(C(=O)NC1CCOc2ccccc21)N1CCC(C(=O)O)C1. The van der Waals surface area contributed by atoms with E-state index < -0.39 is 5.97 Å². The molecular formula is C17H22N2O4. The summed E-state index contributed by atoms with van der Waals surface area (Å²) in [5.41, 5.74) is 1.00. The maximum absolute atomic E-state index is 12.5. The second-order valence-electron chi connectivity index (χ2n) is 6.23. The number of carboxylic acid groups (broad SMARTS) is 1. The van der Waals surface area contributed by atoms with Gasteiger partial charge in [-0.1, -0.05) is 18.2 Å². The number of hydrogen-bond acceptors (Lipinski definition) is 4. The number of carboxylic acids is 1. The van der Waals surface area contributed by atoms with Crippen LogP contribution in [0, 0.1) is 5.92 Å². The lowest BCUT2D eigenvalue weighted by molar-refractivity contribution is -0.141. The maximum Gasteiger partial charge on any atom is 0.307 e. The average molecular weight is 318 g/mol. The maximum atomic E-state index is 12.5. The molecule has 0 aliphatic carbocycles. The van der Waals surface area contributed by atoms with Crippen LogP contribution < -0.4 is 10.1 Å². The first kappa shape index (κ1) is 15.8. The van der Waals surface area contributed by atoms with Gasteiger partial charge in [0, 0.05) is 18.5 Å². The number of carbonyl (C=O) groups excluding carboxylic acids is 1. The van der Waals surface area contributed by atoms with Crippen LogP contribution in [0.4, 0.5) is 0 Å². The van der Waals surface area contributed by atoms with Crippen molar-refractivity contribution in [2.45, 2.75) is 31.8 Å². The monoisotopic (exact) mass is 318 g/mol. The predicted molar refractivity (Wildman–Crippen MR) is 84.2 cm³/mol. The molecule has 3 rings (SSSR count). The number of benzene rings is 1. The van der Waals surface area contributed by atoms with Gasteiger partial charge in [-0.2, -0.15) is 0 Å². The van der Waals surface area contributed by atoms with Gasteiger partial charge in [-0.15, -0.1) is 0 Å². The van der Waals surface area contributed by atoms with Crippen LogP contribution in [0.15, 0.2) is 24.3 Å². The van der Waals surface area contributed by atoms with E-state index in [1.807, 2.05) is 36.1 Å². The van der Waals surface area contributed by atoms with Gasteiger partial charge in [0.2, 0.25) is 5.91 Å². The molecular weight excluding hydrogens is 296 g/mol. The molecule has 1 amide bonds. The molecule has 2 aliphatic rings. The highest BCUT2D eigenvalue weighted by Crippen LogP contribution is 2.31. The standard InChI is InChI=1S/C17H22N2O4/c1-11(19-8-6-12(10-19)17(21)22)16(20)18-14-7-9-23-15-5-3-2-4-13(14)15/h2-5,11-12,14H,6-10H2,1H3,(H,18,20)(H,21,22). The Balaban J connectivity index is 1.63. The minimum absolute atomic E-state index is 0.0484. The first-order chi connectivity index (χ1) is 11.1. The van der Waals surface area contributed by atoms with Crippen molar-refractivity contribution < 1.29 is 19.4 Å². The minimum Gasteiger partial charge on any atom is -0.493 e. The van der Waals surface area contributed by atoms with Crippen molar-refractivity contribution in [3.8, 4) is 5.75 Å².